The summed E-state index contributed by atoms with van der Waals surface area (Å²) in [5.74, 6) is 0. The zero-order chi connectivity index (χ0) is 26.0. The minimum atomic E-state index is -5.14. The van der Waals surface area contributed by atoms with Crippen molar-refractivity contribution in [3.63, 3.8) is 0 Å². The minimum Gasteiger partial charge on any atom is -0.331 e. The van der Waals surface area contributed by atoms with Gasteiger partial charge < -0.3 is 4.48 Å². The molecule has 0 saturated heterocycles. The summed E-state index contributed by atoms with van der Waals surface area (Å²) >= 11 is 0. The molecule has 0 spiro atoms. The average molecular weight is 544 g/mol. The van der Waals surface area contributed by atoms with E-state index < -0.39 is 31.6 Å². The molecule has 0 radical (unpaired) electrons. The Morgan fingerprint density at radius 1 is 0.567 bits per heavy atom. The second-order valence-corrected chi connectivity index (χ2v) is 9.75. The Labute approximate surface area is 171 Å². The van der Waals surface area contributed by atoms with Crippen LogP contribution in [-0.2, 0) is 18.3 Å². The van der Waals surface area contributed by atoms with Gasteiger partial charge in [0.05, 0.1) is 27.7 Å². The summed E-state index contributed by atoms with van der Waals surface area (Å²) in [6, 6.07) is 0. The van der Waals surface area contributed by atoms with E-state index in [0.717, 1.165) is 4.48 Å². The number of hydrogen-bond acceptors (Lipinski definition) is 4. The Hall–Kier alpha value is 0.280. The highest BCUT2D eigenvalue weighted by molar-refractivity contribution is 7.46. The van der Waals surface area contributed by atoms with E-state index in [1.165, 1.54) is 32.2 Å². The van der Waals surface area contributed by atoms with Crippen molar-refractivity contribution in [3.8, 4) is 0 Å². The van der Waals surface area contributed by atoms with Crippen molar-refractivity contribution in [2.45, 2.75) is 32.6 Å². The first-order valence-corrected chi connectivity index (χ1v) is 13.4. The van der Waals surface area contributed by atoms with Crippen LogP contribution >= 0.6 is 31.6 Å². The van der Waals surface area contributed by atoms with Crippen LogP contribution < -0.4 is 0 Å². The van der Waals surface area contributed by atoms with Gasteiger partial charge in [0.25, 0.3) is 0 Å². The van der Waals surface area contributed by atoms with E-state index in [-0.39, 0.29) is 0 Å². The second kappa shape index (κ2) is 18.8. The van der Waals surface area contributed by atoms with Crippen LogP contribution in [0.1, 0.15) is 32.6 Å². The second-order valence-electron chi connectivity index (χ2n) is 5.97. The molecule has 0 amide bonds. The SMILES string of the molecule is CCCCCC[N+](C)(C)C.O=P(O)(O)F.O=P(O)(O)F.O=P(O)(O)F.O=P(O)(O)F. The Kier molecular flexibility index (Phi) is 25.5. The summed E-state index contributed by atoms with van der Waals surface area (Å²) < 4.78 is 77.2. The molecule has 0 fully saturated rings. The zero-order valence-corrected chi connectivity index (χ0v) is 20.1. The lowest BCUT2D eigenvalue weighted by Gasteiger charge is -2.23. The Bertz CT molecular complexity index is 468. The van der Waals surface area contributed by atoms with Gasteiger partial charge in [-0.05, 0) is 12.8 Å². The number of hydrogen-bond donors (Lipinski definition) is 8. The first kappa shape index (κ1) is 40.6. The fourth-order valence-corrected chi connectivity index (χ4v) is 1.01. The molecule has 0 aromatic carbocycles. The molecule has 0 aromatic rings. The van der Waals surface area contributed by atoms with Crippen LogP contribution in [0.25, 0.3) is 0 Å². The first-order valence-electron chi connectivity index (χ1n) is 7.37. The molecule has 0 heterocycles. The molecule has 0 bridgehead atoms. The molecule has 30 heavy (non-hydrogen) atoms. The van der Waals surface area contributed by atoms with E-state index >= 15 is 0 Å². The maximum Gasteiger partial charge on any atom is 0.507 e. The number of unbranched alkanes of at least 4 members (excludes halogenated alkanes) is 3. The molecule has 0 aliphatic rings. The van der Waals surface area contributed by atoms with Crippen molar-refractivity contribution in [2.24, 2.45) is 0 Å². The Morgan fingerprint density at radius 2 is 0.767 bits per heavy atom. The van der Waals surface area contributed by atoms with Gasteiger partial charge in [-0.1, -0.05) is 19.8 Å². The minimum absolute atomic E-state index is 1.11. The van der Waals surface area contributed by atoms with Crippen LogP contribution in [0, 0.1) is 0 Å². The van der Waals surface area contributed by atoms with Gasteiger partial charge in [-0.3, -0.25) is 39.1 Å². The molecule has 0 aliphatic heterocycles. The molecule has 0 aromatic heterocycles. The van der Waals surface area contributed by atoms with Crippen LogP contribution in [0.15, 0.2) is 0 Å². The monoisotopic (exact) mass is 544 g/mol. The molecule has 0 unspecified atom stereocenters. The third-order valence-corrected chi connectivity index (χ3v) is 1.68. The topological polar surface area (TPSA) is 230 Å². The average Bonchev–Trinajstić information content (AvgIpc) is 2.24. The van der Waals surface area contributed by atoms with Gasteiger partial charge >= 0.3 is 31.6 Å². The Morgan fingerprint density at radius 3 is 0.900 bits per heavy atom. The third kappa shape index (κ3) is 397. The molecule has 190 valence electrons. The molecule has 13 nitrogen and oxygen atoms in total. The molecular weight excluding hydrogens is 514 g/mol. The largest absolute Gasteiger partial charge is 0.507 e. The van der Waals surface area contributed by atoms with Crippen molar-refractivity contribution in [1.82, 2.24) is 0 Å². The lowest BCUT2D eigenvalue weighted by atomic mass is 10.2. The lowest BCUT2D eigenvalue weighted by molar-refractivity contribution is -0.870. The van der Waals surface area contributed by atoms with Crippen LogP contribution in [0.2, 0.25) is 0 Å². The molecule has 21 heteroatoms. The predicted molar refractivity (Wildman–Crippen MR) is 99.6 cm³/mol. The maximum atomic E-state index is 10.4. The molecule has 0 atom stereocenters. The molecule has 0 rings (SSSR count). The van der Waals surface area contributed by atoms with Crippen molar-refractivity contribution >= 4 is 31.6 Å². The summed E-state index contributed by atoms with van der Waals surface area (Å²) in [5.41, 5.74) is 0. The number of quaternary nitrogens is 1. The highest BCUT2D eigenvalue weighted by Gasteiger charge is 2.06. The highest BCUT2D eigenvalue weighted by Crippen LogP contribution is 2.36. The van der Waals surface area contributed by atoms with Crippen LogP contribution in [0.5, 0.6) is 0 Å². The summed E-state index contributed by atoms with van der Waals surface area (Å²) in [6.45, 7) is 3.58. The van der Waals surface area contributed by atoms with Gasteiger partial charge in [0.2, 0.25) is 0 Å². The predicted octanol–water partition coefficient (Wildman–Crippen LogP) is 2.47. The maximum absolute atomic E-state index is 10.4. The number of halogens is 4. The summed E-state index contributed by atoms with van der Waals surface area (Å²) in [7, 11) is -13.8. The van der Waals surface area contributed by atoms with E-state index in [1.807, 2.05) is 0 Å². The zero-order valence-electron chi connectivity index (χ0n) is 16.5. The molecule has 0 saturated carbocycles. The van der Waals surface area contributed by atoms with Gasteiger partial charge in [-0.2, -0.15) is 0 Å². The van der Waals surface area contributed by atoms with Crippen LogP contribution in [0.4, 0.5) is 16.8 Å². The smallest absolute Gasteiger partial charge is 0.331 e. The number of rotatable bonds is 5. The van der Waals surface area contributed by atoms with E-state index in [9.17, 15) is 16.8 Å². The summed E-state index contributed by atoms with van der Waals surface area (Å²) in [4.78, 5) is 55.7. The van der Waals surface area contributed by atoms with E-state index in [2.05, 4.69) is 28.1 Å². The molecular formula is C9H30F4NO12P4+. The first-order chi connectivity index (χ1) is 12.6. The van der Waals surface area contributed by atoms with Gasteiger partial charge in [0, 0.05) is 0 Å². The summed E-state index contributed by atoms with van der Waals surface area (Å²) in [5, 5.41) is 0. The number of nitrogens with zero attached hydrogens (tertiary/aromatic N) is 1. The van der Waals surface area contributed by atoms with Crippen LogP contribution in [-0.4, -0.2) is 71.3 Å². The van der Waals surface area contributed by atoms with Gasteiger partial charge in [-0.15, -0.1) is 16.8 Å². The molecule has 8 N–H and O–H groups in total. The third-order valence-electron chi connectivity index (χ3n) is 1.68. The van der Waals surface area contributed by atoms with Crippen LogP contribution in [0.3, 0.4) is 0 Å². The fourth-order valence-electron chi connectivity index (χ4n) is 1.01. The van der Waals surface area contributed by atoms with Gasteiger partial charge in [-0.25, -0.2) is 18.3 Å². The summed E-state index contributed by atoms with van der Waals surface area (Å²) in [6.07, 6.45) is 5.54. The van der Waals surface area contributed by atoms with Crippen molar-refractivity contribution in [2.75, 3.05) is 27.7 Å². The highest BCUT2D eigenvalue weighted by atomic mass is 31.2. The van der Waals surface area contributed by atoms with E-state index in [1.54, 1.807) is 0 Å². The molecule has 0 aliphatic carbocycles. The van der Waals surface area contributed by atoms with Gasteiger partial charge in [0.1, 0.15) is 0 Å². The van der Waals surface area contributed by atoms with Crippen molar-refractivity contribution < 1.29 is 78.7 Å². The van der Waals surface area contributed by atoms with E-state index in [0.29, 0.717) is 0 Å². The van der Waals surface area contributed by atoms with E-state index in [4.69, 9.17) is 57.4 Å². The standard InChI is InChI=1S/C9H22N.4FH2O3P/c1-5-6-7-8-9-10(2,3)4;4*1-5(2,3)4/h5-9H2,1-4H3;4*(H2,2,3,4)/q+1;;;;. The Balaban J connectivity index is -0.0000000908. The quantitative estimate of drug-likeness (QED) is 0.108. The lowest BCUT2D eigenvalue weighted by Crippen LogP contribution is -2.35. The van der Waals surface area contributed by atoms with Crippen molar-refractivity contribution in [1.29, 1.82) is 0 Å². The van der Waals surface area contributed by atoms with Gasteiger partial charge in [0.15, 0.2) is 0 Å². The normalized spacial score (nSPS) is 11.9. The fraction of sp³-hybridized carbons (Fsp3) is 1.00. The van der Waals surface area contributed by atoms with Crippen molar-refractivity contribution in [3.05, 3.63) is 0 Å².